The zero-order chi connectivity index (χ0) is 15.8. The Bertz CT molecular complexity index is 478. The molecule has 1 rings (SSSR count). The number of nitrogens with one attached hydrogen (secondary N) is 2. The lowest BCUT2D eigenvalue weighted by Gasteiger charge is -2.18. The average molecular weight is 312 g/mol. The van der Waals surface area contributed by atoms with Gasteiger partial charge in [-0.05, 0) is 30.9 Å². The molecule has 7 heteroatoms. The summed E-state index contributed by atoms with van der Waals surface area (Å²) in [5.74, 6) is -0.235. The number of aliphatic carboxylic acids is 1. The van der Waals surface area contributed by atoms with E-state index in [4.69, 9.17) is 0 Å². The van der Waals surface area contributed by atoms with E-state index in [0.717, 1.165) is 11.3 Å². The Hall–Kier alpha value is -1.89. The van der Waals surface area contributed by atoms with Crippen LogP contribution in [0.25, 0.3) is 0 Å². The molecule has 4 N–H and O–H groups in total. The first-order valence-electron chi connectivity index (χ1n) is 6.49. The Morgan fingerprint density at radius 1 is 1.24 bits per heavy atom. The fourth-order valence-electron chi connectivity index (χ4n) is 1.78. The van der Waals surface area contributed by atoms with E-state index in [0.29, 0.717) is 0 Å². The number of thioether (sulfide) groups is 1. The van der Waals surface area contributed by atoms with Crippen molar-refractivity contribution in [3.63, 3.8) is 0 Å². The number of urea groups is 1. The average Bonchev–Trinajstić information content (AvgIpc) is 2.40. The molecule has 0 spiro atoms. The lowest BCUT2D eigenvalue weighted by atomic mass is 10.1. The van der Waals surface area contributed by atoms with Crippen molar-refractivity contribution in [2.75, 3.05) is 12.0 Å². The number of rotatable bonds is 7. The number of carboxylic acid groups (broad SMARTS) is 1. The summed E-state index contributed by atoms with van der Waals surface area (Å²) in [5, 5.41) is 23.5. The van der Waals surface area contributed by atoms with Crippen LogP contribution >= 0.6 is 11.8 Å². The Morgan fingerprint density at radius 2 is 1.86 bits per heavy atom. The van der Waals surface area contributed by atoms with Crippen LogP contribution in [0.15, 0.2) is 24.3 Å². The van der Waals surface area contributed by atoms with E-state index in [-0.39, 0.29) is 18.2 Å². The summed E-state index contributed by atoms with van der Waals surface area (Å²) in [6.07, 6.45) is 2.08. The molecule has 0 fully saturated rings. The van der Waals surface area contributed by atoms with Crippen LogP contribution in [0, 0.1) is 0 Å². The van der Waals surface area contributed by atoms with Crippen LogP contribution in [-0.2, 0) is 11.2 Å². The van der Waals surface area contributed by atoms with E-state index in [1.807, 2.05) is 13.2 Å². The van der Waals surface area contributed by atoms with Crippen LogP contribution in [0.1, 0.15) is 12.5 Å². The Morgan fingerprint density at radius 3 is 2.38 bits per heavy atom. The Labute approximate surface area is 127 Å². The SMILES string of the molecule is CSCC(C)NC(=O)N[C@@H](Cc1ccc(O)cc1)C(=O)O. The Balaban J connectivity index is 2.59. The highest BCUT2D eigenvalue weighted by molar-refractivity contribution is 7.98. The van der Waals surface area contributed by atoms with Gasteiger partial charge in [-0.2, -0.15) is 11.8 Å². The topological polar surface area (TPSA) is 98.7 Å². The molecule has 6 nitrogen and oxygen atoms in total. The highest BCUT2D eigenvalue weighted by Crippen LogP contribution is 2.11. The van der Waals surface area contributed by atoms with Gasteiger partial charge >= 0.3 is 12.0 Å². The first-order valence-corrected chi connectivity index (χ1v) is 7.88. The maximum atomic E-state index is 11.8. The van der Waals surface area contributed by atoms with Crippen LogP contribution in [0.4, 0.5) is 4.79 Å². The van der Waals surface area contributed by atoms with E-state index in [1.54, 1.807) is 23.9 Å². The molecule has 0 saturated carbocycles. The third-order valence-electron chi connectivity index (χ3n) is 2.77. The smallest absolute Gasteiger partial charge is 0.326 e. The van der Waals surface area contributed by atoms with Crippen molar-refractivity contribution < 1.29 is 19.8 Å². The fraction of sp³-hybridized carbons (Fsp3) is 0.429. The molecule has 2 atom stereocenters. The van der Waals surface area contributed by atoms with Gasteiger partial charge < -0.3 is 20.8 Å². The van der Waals surface area contributed by atoms with Gasteiger partial charge in [0.25, 0.3) is 0 Å². The van der Waals surface area contributed by atoms with Crippen molar-refractivity contribution in [3.8, 4) is 5.75 Å². The summed E-state index contributed by atoms with van der Waals surface area (Å²) in [6, 6.07) is 4.66. The second-order valence-electron chi connectivity index (χ2n) is 4.74. The van der Waals surface area contributed by atoms with Gasteiger partial charge in [-0.3, -0.25) is 0 Å². The maximum Gasteiger partial charge on any atom is 0.326 e. The predicted octanol–water partition coefficient (Wildman–Crippen LogP) is 1.44. The lowest BCUT2D eigenvalue weighted by molar-refractivity contribution is -0.139. The molecular weight excluding hydrogens is 292 g/mol. The highest BCUT2D eigenvalue weighted by Gasteiger charge is 2.21. The number of carbonyl (C=O) groups is 2. The molecule has 1 aromatic rings. The molecule has 21 heavy (non-hydrogen) atoms. The number of hydrogen-bond donors (Lipinski definition) is 4. The van der Waals surface area contributed by atoms with E-state index in [9.17, 15) is 19.8 Å². The normalized spacial score (nSPS) is 13.2. The van der Waals surface area contributed by atoms with Crippen LogP contribution in [0.3, 0.4) is 0 Å². The van der Waals surface area contributed by atoms with Gasteiger partial charge in [0.1, 0.15) is 11.8 Å². The maximum absolute atomic E-state index is 11.8. The lowest BCUT2D eigenvalue weighted by Crippen LogP contribution is -2.49. The van der Waals surface area contributed by atoms with Crippen molar-refractivity contribution in [3.05, 3.63) is 29.8 Å². The minimum Gasteiger partial charge on any atom is -0.508 e. The van der Waals surface area contributed by atoms with Gasteiger partial charge in [0.2, 0.25) is 0 Å². The minimum absolute atomic E-state index is 0.0388. The fourth-order valence-corrected chi connectivity index (χ4v) is 2.37. The first-order chi connectivity index (χ1) is 9.92. The molecule has 0 aliphatic heterocycles. The second-order valence-corrected chi connectivity index (χ2v) is 5.65. The van der Waals surface area contributed by atoms with Crippen molar-refractivity contribution in [1.29, 1.82) is 0 Å². The molecule has 0 aromatic heterocycles. The van der Waals surface area contributed by atoms with Gasteiger partial charge in [0, 0.05) is 18.2 Å². The Kier molecular flexibility index (Phi) is 6.87. The molecule has 0 bridgehead atoms. The zero-order valence-electron chi connectivity index (χ0n) is 12.0. The van der Waals surface area contributed by atoms with E-state index < -0.39 is 18.0 Å². The number of phenols is 1. The van der Waals surface area contributed by atoms with Gasteiger partial charge in [-0.25, -0.2) is 9.59 Å². The third-order valence-corrected chi connectivity index (χ3v) is 3.61. The van der Waals surface area contributed by atoms with Gasteiger partial charge in [0.15, 0.2) is 0 Å². The zero-order valence-corrected chi connectivity index (χ0v) is 12.8. The summed E-state index contributed by atoms with van der Waals surface area (Å²) in [5.41, 5.74) is 0.720. The number of amides is 2. The molecule has 0 radical (unpaired) electrons. The van der Waals surface area contributed by atoms with Crippen LogP contribution < -0.4 is 10.6 Å². The molecule has 0 aliphatic rings. The van der Waals surface area contributed by atoms with Crippen molar-refractivity contribution >= 4 is 23.8 Å². The largest absolute Gasteiger partial charge is 0.508 e. The number of hydrogen-bond acceptors (Lipinski definition) is 4. The van der Waals surface area contributed by atoms with Crippen LogP contribution in [0.2, 0.25) is 0 Å². The molecule has 1 unspecified atom stereocenters. The molecule has 0 aliphatic carbocycles. The van der Waals surface area contributed by atoms with E-state index in [2.05, 4.69) is 10.6 Å². The van der Waals surface area contributed by atoms with E-state index in [1.165, 1.54) is 12.1 Å². The second kappa shape index (κ2) is 8.41. The predicted molar refractivity (Wildman–Crippen MR) is 82.7 cm³/mol. The number of carboxylic acids is 1. The summed E-state index contributed by atoms with van der Waals surface area (Å²) in [4.78, 5) is 23.0. The third kappa shape index (κ3) is 6.40. The minimum atomic E-state index is -1.10. The molecule has 0 saturated heterocycles. The number of benzene rings is 1. The monoisotopic (exact) mass is 312 g/mol. The summed E-state index contributed by atoms with van der Waals surface area (Å²) in [6.45, 7) is 1.85. The summed E-state index contributed by atoms with van der Waals surface area (Å²) < 4.78 is 0. The van der Waals surface area contributed by atoms with Crippen molar-refractivity contribution in [2.45, 2.75) is 25.4 Å². The first kappa shape index (κ1) is 17.2. The molecule has 0 heterocycles. The number of aromatic hydroxyl groups is 1. The quantitative estimate of drug-likeness (QED) is 0.610. The highest BCUT2D eigenvalue weighted by atomic mass is 32.2. The number of phenolic OH excluding ortho intramolecular Hbond substituents is 1. The van der Waals surface area contributed by atoms with Gasteiger partial charge in [-0.1, -0.05) is 12.1 Å². The van der Waals surface area contributed by atoms with Crippen molar-refractivity contribution in [2.24, 2.45) is 0 Å². The van der Waals surface area contributed by atoms with E-state index >= 15 is 0 Å². The molecule has 1 aromatic carbocycles. The number of carbonyl (C=O) groups excluding carboxylic acids is 1. The van der Waals surface area contributed by atoms with Crippen LogP contribution in [0.5, 0.6) is 5.75 Å². The van der Waals surface area contributed by atoms with Crippen molar-refractivity contribution in [1.82, 2.24) is 10.6 Å². The van der Waals surface area contributed by atoms with Crippen LogP contribution in [-0.4, -0.2) is 46.3 Å². The molecular formula is C14H20N2O4S. The van der Waals surface area contributed by atoms with Gasteiger partial charge in [0.05, 0.1) is 0 Å². The molecule has 2 amide bonds. The standard InChI is InChI=1S/C14H20N2O4S/c1-9(8-21-2)15-14(20)16-12(13(18)19)7-10-3-5-11(17)6-4-10/h3-6,9,12,17H,7-8H2,1-2H3,(H,18,19)(H2,15,16,20)/t9?,12-/m0/s1. The molecule has 116 valence electrons. The summed E-state index contributed by atoms with van der Waals surface area (Å²) >= 11 is 1.60. The summed E-state index contributed by atoms with van der Waals surface area (Å²) in [7, 11) is 0. The van der Waals surface area contributed by atoms with Gasteiger partial charge in [-0.15, -0.1) is 0 Å².